The van der Waals surface area contributed by atoms with Crippen molar-refractivity contribution < 1.29 is 0 Å². The first-order chi connectivity index (χ1) is 17.9. The summed E-state index contributed by atoms with van der Waals surface area (Å²) in [6, 6.07) is 40.8. The van der Waals surface area contributed by atoms with Crippen molar-refractivity contribution in [3.05, 3.63) is 132 Å². The van der Waals surface area contributed by atoms with Crippen LogP contribution in [-0.4, -0.2) is 0 Å². The molecule has 0 aliphatic heterocycles. The lowest BCUT2D eigenvalue weighted by molar-refractivity contribution is 0.867. The van der Waals surface area contributed by atoms with Crippen LogP contribution in [0, 0.1) is 0 Å². The molecule has 0 nitrogen and oxygen atoms in total. The lowest BCUT2D eigenvalue weighted by atomic mass is 9.96. The molecule has 0 heteroatoms. The second-order valence-electron chi connectivity index (χ2n) is 10.0. The monoisotopic (exact) mass is 522 g/mol. The van der Waals surface area contributed by atoms with E-state index in [1.807, 2.05) is 19.9 Å². The average Bonchev–Trinajstić information content (AvgIpc) is 2.94. The van der Waals surface area contributed by atoms with Gasteiger partial charge in [-0.2, -0.15) is 0 Å². The third kappa shape index (κ3) is 11.1. The highest BCUT2D eigenvalue weighted by molar-refractivity contribution is 5.86. The Morgan fingerprint density at radius 2 is 0.872 bits per heavy atom. The van der Waals surface area contributed by atoms with Gasteiger partial charge in [0.05, 0.1) is 0 Å². The van der Waals surface area contributed by atoms with Gasteiger partial charge < -0.3 is 0 Å². The van der Waals surface area contributed by atoms with E-state index in [2.05, 4.69) is 151 Å². The minimum Gasteiger partial charge on any atom is -0.0776 e. The summed E-state index contributed by atoms with van der Waals surface area (Å²) in [6.07, 6.45) is 0. The Kier molecular flexibility index (Phi) is 17.2. The molecule has 39 heavy (non-hydrogen) atoms. The summed E-state index contributed by atoms with van der Waals surface area (Å²) in [5.74, 6) is 1.88. The van der Waals surface area contributed by atoms with Crippen LogP contribution in [0.4, 0.5) is 0 Å². The van der Waals surface area contributed by atoms with Gasteiger partial charge in [-0.25, -0.2) is 0 Å². The predicted molar refractivity (Wildman–Crippen MR) is 181 cm³/mol. The Morgan fingerprint density at radius 1 is 0.385 bits per heavy atom. The molecule has 0 saturated heterocycles. The third-order valence-electron chi connectivity index (χ3n) is 6.35. The zero-order valence-corrected chi connectivity index (χ0v) is 24.2. The van der Waals surface area contributed by atoms with Gasteiger partial charge in [-0.05, 0) is 56.0 Å². The molecular formula is C39H54. The van der Waals surface area contributed by atoms with E-state index in [4.69, 9.17) is 0 Å². The van der Waals surface area contributed by atoms with Crippen LogP contribution in [0.1, 0.15) is 105 Å². The fraction of sp³-hybridized carbons (Fsp3) is 0.333. The SMILES string of the molecule is C.C.CC.CC(C)c1ccc2ccccc2c1.CC(C)c1cccc2ccccc12.CC(C)c1ccccc1. The first kappa shape index (κ1) is 35.6. The summed E-state index contributed by atoms with van der Waals surface area (Å²) in [5, 5.41) is 5.40. The molecule has 0 amide bonds. The number of rotatable bonds is 3. The molecule has 0 saturated carbocycles. The molecule has 0 bridgehead atoms. The molecule has 0 radical (unpaired) electrons. The van der Waals surface area contributed by atoms with E-state index in [1.54, 1.807) is 0 Å². The summed E-state index contributed by atoms with van der Waals surface area (Å²) < 4.78 is 0. The predicted octanol–water partition coefficient (Wildman–Crippen LogP) is 13.0. The minimum absolute atomic E-state index is 0. The summed E-state index contributed by atoms with van der Waals surface area (Å²) in [6.45, 7) is 17.3. The van der Waals surface area contributed by atoms with Gasteiger partial charge in [0.25, 0.3) is 0 Å². The highest BCUT2D eigenvalue weighted by Gasteiger charge is 2.03. The first-order valence-electron chi connectivity index (χ1n) is 13.9. The van der Waals surface area contributed by atoms with E-state index in [1.165, 1.54) is 38.2 Å². The second-order valence-corrected chi connectivity index (χ2v) is 10.0. The second kappa shape index (κ2) is 18.8. The van der Waals surface area contributed by atoms with Crippen molar-refractivity contribution in [1.82, 2.24) is 0 Å². The van der Waals surface area contributed by atoms with Crippen molar-refractivity contribution in [2.75, 3.05) is 0 Å². The van der Waals surface area contributed by atoms with Crippen molar-refractivity contribution >= 4 is 21.5 Å². The maximum Gasteiger partial charge on any atom is -0.0149 e. The van der Waals surface area contributed by atoms with Gasteiger partial charge in [0.1, 0.15) is 0 Å². The van der Waals surface area contributed by atoms with Crippen molar-refractivity contribution in [2.45, 2.75) is 88.0 Å². The Hall–Kier alpha value is -3.38. The summed E-state index contributed by atoms with van der Waals surface area (Å²) in [5.41, 5.74) is 4.27. The summed E-state index contributed by atoms with van der Waals surface area (Å²) in [4.78, 5) is 0. The van der Waals surface area contributed by atoms with E-state index in [0.29, 0.717) is 17.8 Å². The highest BCUT2D eigenvalue weighted by atomic mass is 14.1. The number of benzene rings is 5. The molecule has 0 aliphatic carbocycles. The fourth-order valence-electron chi connectivity index (χ4n) is 4.16. The lowest BCUT2D eigenvalue weighted by Gasteiger charge is -2.08. The van der Waals surface area contributed by atoms with Crippen LogP contribution in [0.15, 0.2) is 115 Å². The maximum absolute atomic E-state index is 2.28. The Bertz CT molecular complexity index is 1300. The first-order valence-corrected chi connectivity index (χ1v) is 13.9. The molecule has 0 N–H and O–H groups in total. The van der Waals surface area contributed by atoms with Gasteiger partial charge >= 0.3 is 0 Å². The molecule has 0 fully saturated rings. The van der Waals surface area contributed by atoms with Crippen LogP contribution in [-0.2, 0) is 0 Å². The lowest BCUT2D eigenvalue weighted by Crippen LogP contribution is -1.88. The van der Waals surface area contributed by atoms with Gasteiger partial charge in [0, 0.05) is 0 Å². The van der Waals surface area contributed by atoms with Gasteiger partial charge in [0.15, 0.2) is 0 Å². The fourth-order valence-corrected chi connectivity index (χ4v) is 4.16. The standard InChI is InChI=1S/2C13H14.C9H12.C2H6.2CH4/c1-10(2)12-9-5-7-11-6-3-4-8-13(11)12;1-10(2)12-8-7-11-5-3-4-6-13(11)9-12;1-8(2)9-6-4-3-5-7-9;1-2;;/h2*3-10H,1-2H3;3-8H,1-2H3;1-2H3;2*1H4. The molecule has 210 valence electrons. The van der Waals surface area contributed by atoms with Crippen LogP contribution in [0.3, 0.4) is 0 Å². The summed E-state index contributed by atoms with van der Waals surface area (Å²) in [7, 11) is 0. The molecule has 5 aromatic carbocycles. The molecule has 5 rings (SSSR count). The molecular weight excluding hydrogens is 468 g/mol. The Balaban J connectivity index is 0.000000534. The number of fused-ring (bicyclic) bond motifs is 2. The van der Waals surface area contributed by atoms with Gasteiger partial charge in [-0.3, -0.25) is 0 Å². The normalized spacial score (nSPS) is 9.82. The van der Waals surface area contributed by atoms with Crippen molar-refractivity contribution in [3.63, 3.8) is 0 Å². The quantitative estimate of drug-likeness (QED) is 0.221. The molecule has 0 heterocycles. The topological polar surface area (TPSA) is 0 Å². The zero-order chi connectivity index (χ0) is 27.2. The van der Waals surface area contributed by atoms with E-state index >= 15 is 0 Å². The maximum atomic E-state index is 2.28. The minimum atomic E-state index is 0. The van der Waals surface area contributed by atoms with Gasteiger partial charge in [0.2, 0.25) is 0 Å². The van der Waals surface area contributed by atoms with Crippen LogP contribution >= 0.6 is 0 Å². The number of hydrogen-bond donors (Lipinski definition) is 0. The molecule has 5 aromatic rings. The number of hydrogen-bond acceptors (Lipinski definition) is 0. The molecule has 0 aliphatic rings. The van der Waals surface area contributed by atoms with Gasteiger partial charge in [-0.15, -0.1) is 0 Å². The largest absolute Gasteiger partial charge is 0.0776 e. The highest BCUT2D eigenvalue weighted by Crippen LogP contribution is 2.24. The molecule has 0 aromatic heterocycles. The molecule has 0 atom stereocenters. The van der Waals surface area contributed by atoms with E-state index < -0.39 is 0 Å². The smallest absolute Gasteiger partial charge is 0.0149 e. The summed E-state index contributed by atoms with van der Waals surface area (Å²) >= 11 is 0. The van der Waals surface area contributed by atoms with E-state index in [-0.39, 0.29) is 14.9 Å². The Morgan fingerprint density at radius 3 is 1.41 bits per heavy atom. The van der Waals surface area contributed by atoms with Crippen LogP contribution in [0.25, 0.3) is 21.5 Å². The molecule has 0 spiro atoms. The molecule has 0 unspecified atom stereocenters. The van der Waals surface area contributed by atoms with Crippen molar-refractivity contribution in [3.8, 4) is 0 Å². The van der Waals surface area contributed by atoms with Crippen LogP contribution < -0.4 is 0 Å². The third-order valence-corrected chi connectivity index (χ3v) is 6.35. The average molecular weight is 523 g/mol. The van der Waals surface area contributed by atoms with Crippen LogP contribution in [0.5, 0.6) is 0 Å². The van der Waals surface area contributed by atoms with Crippen molar-refractivity contribution in [2.24, 2.45) is 0 Å². The van der Waals surface area contributed by atoms with Crippen LogP contribution in [0.2, 0.25) is 0 Å². The zero-order valence-electron chi connectivity index (χ0n) is 24.2. The van der Waals surface area contributed by atoms with E-state index in [0.717, 1.165) is 0 Å². The van der Waals surface area contributed by atoms with Gasteiger partial charge in [-0.1, -0.05) is 186 Å². The van der Waals surface area contributed by atoms with E-state index in [9.17, 15) is 0 Å². The van der Waals surface area contributed by atoms with Crippen molar-refractivity contribution in [1.29, 1.82) is 0 Å². The Labute approximate surface area is 241 Å².